The summed E-state index contributed by atoms with van der Waals surface area (Å²) in [5.74, 6) is -1.54. The van der Waals surface area contributed by atoms with Gasteiger partial charge in [0.25, 0.3) is 5.56 Å². The summed E-state index contributed by atoms with van der Waals surface area (Å²) >= 11 is 0.945. The summed E-state index contributed by atoms with van der Waals surface area (Å²) < 4.78 is 2.83. The number of benzene rings is 1. The first-order chi connectivity index (χ1) is 15.0. The van der Waals surface area contributed by atoms with E-state index in [0.29, 0.717) is 11.7 Å². The third-order valence-corrected chi connectivity index (χ3v) is 5.99. The zero-order chi connectivity index (χ0) is 22.2. The lowest BCUT2D eigenvalue weighted by Crippen LogP contribution is -2.83. The second kappa shape index (κ2) is 11.0. The van der Waals surface area contributed by atoms with E-state index in [1.165, 1.54) is 50.4 Å². The Bertz CT molecular complexity index is 1120. The van der Waals surface area contributed by atoms with Gasteiger partial charge in [0, 0.05) is 12.8 Å². The maximum Gasteiger partial charge on any atom is 0.329 e. The Morgan fingerprint density at radius 1 is 1.16 bits per heavy atom. The third kappa shape index (κ3) is 6.08. The number of aliphatic carboxylic acids is 1. The van der Waals surface area contributed by atoms with Crippen LogP contribution in [0.1, 0.15) is 31.2 Å². The van der Waals surface area contributed by atoms with Crippen LogP contribution in [0.4, 0.5) is 0 Å². The number of aryl methyl sites for hydroxylation is 1. The maximum absolute atomic E-state index is 12.2. The highest BCUT2D eigenvalue weighted by atomic mass is 32.2. The number of thioether (sulfide) groups is 1. The van der Waals surface area contributed by atoms with E-state index in [9.17, 15) is 19.5 Å². The summed E-state index contributed by atoms with van der Waals surface area (Å²) in [5.41, 5.74) is 0.216. The minimum Gasteiger partial charge on any atom is -0.549 e. The summed E-state index contributed by atoms with van der Waals surface area (Å²) in [7, 11) is 1.49. The lowest BCUT2D eigenvalue weighted by Gasteiger charge is -2.09. The zero-order valence-corrected chi connectivity index (χ0v) is 18.3. The number of carboxylic acid groups (broad SMARTS) is 1. The number of carbonyl (C=O) groups excluding carboxylic acids is 1. The number of hydrogen-bond acceptors (Lipinski definition) is 6. The molecule has 31 heavy (non-hydrogen) atoms. The molecule has 9 nitrogen and oxygen atoms in total. The topological polar surface area (TPSA) is 129 Å². The number of hydrogen-bond donors (Lipinski definition) is 2. The van der Waals surface area contributed by atoms with Gasteiger partial charge < -0.3 is 19.8 Å². The van der Waals surface area contributed by atoms with Gasteiger partial charge >= 0.3 is 5.69 Å². The fraction of sp³-hybridized carbons (Fsp3) is 0.429. The molecule has 1 saturated heterocycles. The maximum atomic E-state index is 12.2. The fourth-order valence-electron chi connectivity index (χ4n) is 3.44. The predicted octanol–water partition coefficient (Wildman–Crippen LogP) is -0.563. The highest BCUT2D eigenvalue weighted by Crippen LogP contribution is 2.22. The van der Waals surface area contributed by atoms with E-state index in [1.807, 2.05) is 30.3 Å². The number of rotatable bonds is 5. The summed E-state index contributed by atoms with van der Waals surface area (Å²) in [6, 6.07) is 9.37. The van der Waals surface area contributed by atoms with Crippen molar-refractivity contribution in [2.75, 3.05) is 18.8 Å². The normalized spacial score (nSPS) is 14.0. The Kier molecular flexibility index (Phi) is 8.07. The van der Waals surface area contributed by atoms with Crippen LogP contribution in [0, 0.1) is 0 Å². The molecule has 1 aromatic carbocycles. The minimum atomic E-state index is -1.24. The monoisotopic (exact) mass is 445 g/mol. The van der Waals surface area contributed by atoms with Crippen molar-refractivity contribution < 1.29 is 15.2 Å². The number of aromatic amines is 1. The molecule has 1 aliphatic heterocycles. The predicted molar refractivity (Wildman–Crippen MR) is 117 cm³/mol. The van der Waals surface area contributed by atoms with Crippen LogP contribution in [-0.4, -0.2) is 43.9 Å². The molecule has 3 N–H and O–H groups in total. The Balaban J connectivity index is 0.000000330. The number of nitrogens with two attached hydrogens (primary N) is 1. The molecule has 0 atom stereocenters. The number of quaternary nitrogens is 1. The minimum absolute atomic E-state index is 0.209. The van der Waals surface area contributed by atoms with E-state index in [4.69, 9.17) is 0 Å². The zero-order valence-electron chi connectivity index (χ0n) is 17.5. The van der Waals surface area contributed by atoms with E-state index in [-0.39, 0.29) is 16.9 Å². The summed E-state index contributed by atoms with van der Waals surface area (Å²) in [5, 5.41) is 13.5. The third-order valence-electron chi connectivity index (χ3n) is 5.04. The molecule has 10 heteroatoms. The van der Waals surface area contributed by atoms with Crippen LogP contribution in [0.15, 0.2) is 45.1 Å². The molecule has 0 aliphatic carbocycles. The van der Waals surface area contributed by atoms with Crippen LogP contribution >= 0.6 is 11.8 Å². The molecule has 0 saturated carbocycles. The van der Waals surface area contributed by atoms with Crippen molar-refractivity contribution in [3.63, 3.8) is 0 Å². The molecule has 3 heterocycles. The van der Waals surface area contributed by atoms with Crippen LogP contribution in [0.3, 0.4) is 0 Å². The van der Waals surface area contributed by atoms with Gasteiger partial charge in [0.1, 0.15) is 0 Å². The Labute approximate surface area is 183 Å². The number of aromatic nitrogens is 4. The summed E-state index contributed by atoms with van der Waals surface area (Å²) in [6.45, 7) is 3.08. The van der Waals surface area contributed by atoms with Gasteiger partial charge in [0.15, 0.2) is 16.3 Å². The lowest BCUT2D eigenvalue weighted by molar-refractivity contribution is -0.653. The average molecular weight is 446 g/mol. The molecule has 4 rings (SSSR count). The molecule has 0 spiro atoms. The Morgan fingerprint density at radius 3 is 2.48 bits per heavy atom. The van der Waals surface area contributed by atoms with Crippen LogP contribution in [0.5, 0.6) is 0 Å². The van der Waals surface area contributed by atoms with Crippen molar-refractivity contribution in [1.82, 2.24) is 19.1 Å². The number of carbonyl (C=O) groups is 1. The van der Waals surface area contributed by atoms with Gasteiger partial charge in [-0.25, -0.2) is 9.78 Å². The first kappa shape index (κ1) is 22.8. The van der Waals surface area contributed by atoms with Crippen molar-refractivity contribution in [3.8, 4) is 0 Å². The van der Waals surface area contributed by atoms with Gasteiger partial charge in [0.2, 0.25) is 0 Å². The van der Waals surface area contributed by atoms with E-state index in [1.54, 1.807) is 4.57 Å². The first-order valence-electron chi connectivity index (χ1n) is 10.3. The SMILES string of the molecule is C1CCC[NH2+]CC1.Cn1c(=O)[nH]c(=O)c2c1nc(SCC(=O)[O-])n2Cc1ccccc1. The molecule has 0 unspecified atom stereocenters. The van der Waals surface area contributed by atoms with Gasteiger partial charge in [-0.05, 0) is 31.2 Å². The van der Waals surface area contributed by atoms with Gasteiger partial charge in [-0.15, -0.1) is 0 Å². The van der Waals surface area contributed by atoms with Crippen molar-refractivity contribution >= 4 is 28.9 Å². The van der Waals surface area contributed by atoms with Crippen LogP contribution in [-0.2, 0) is 18.4 Å². The highest BCUT2D eigenvalue weighted by Gasteiger charge is 2.17. The molecule has 1 aliphatic rings. The van der Waals surface area contributed by atoms with Crippen molar-refractivity contribution in [3.05, 3.63) is 56.7 Å². The van der Waals surface area contributed by atoms with Gasteiger partial charge in [-0.1, -0.05) is 42.1 Å². The number of H-pyrrole nitrogens is 1. The summed E-state index contributed by atoms with van der Waals surface area (Å²) in [6.07, 6.45) is 5.83. The highest BCUT2D eigenvalue weighted by molar-refractivity contribution is 7.99. The number of carboxylic acids is 1. The van der Waals surface area contributed by atoms with Crippen LogP contribution < -0.4 is 21.7 Å². The quantitative estimate of drug-likeness (QED) is 0.507. The molecule has 0 amide bonds. The van der Waals surface area contributed by atoms with Crippen molar-refractivity contribution in [1.29, 1.82) is 0 Å². The molecular formula is C21H27N5O4S. The Morgan fingerprint density at radius 2 is 1.84 bits per heavy atom. The number of nitrogens with zero attached hydrogens (tertiary/aromatic N) is 3. The molecule has 3 aromatic rings. The number of fused-ring (bicyclic) bond motifs is 1. The Hall–Kier alpha value is -2.85. The van der Waals surface area contributed by atoms with Crippen molar-refractivity contribution in [2.24, 2.45) is 7.05 Å². The lowest BCUT2D eigenvalue weighted by atomic mass is 10.2. The molecule has 1 fully saturated rings. The smallest absolute Gasteiger partial charge is 0.329 e. The fourth-order valence-corrected chi connectivity index (χ4v) is 4.15. The van der Waals surface area contributed by atoms with Gasteiger partial charge in [-0.2, -0.15) is 0 Å². The second-order valence-corrected chi connectivity index (χ2v) is 8.34. The molecular weight excluding hydrogens is 418 g/mol. The average Bonchev–Trinajstić information content (AvgIpc) is 2.92. The molecule has 2 aromatic heterocycles. The van der Waals surface area contributed by atoms with Gasteiger partial charge in [0.05, 0.1) is 25.6 Å². The molecule has 0 bridgehead atoms. The van der Waals surface area contributed by atoms with E-state index in [0.717, 1.165) is 17.3 Å². The molecule has 166 valence electrons. The summed E-state index contributed by atoms with van der Waals surface area (Å²) in [4.78, 5) is 41.3. The largest absolute Gasteiger partial charge is 0.549 e. The molecule has 0 radical (unpaired) electrons. The van der Waals surface area contributed by atoms with Crippen molar-refractivity contribution in [2.45, 2.75) is 37.4 Å². The van der Waals surface area contributed by atoms with Crippen LogP contribution in [0.25, 0.3) is 11.2 Å². The second-order valence-electron chi connectivity index (χ2n) is 7.40. The van der Waals surface area contributed by atoms with Crippen LogP contribution in [0.2, 0.25) is 0 Å². The van der Waals surface area contributed by atoms with E-state index >= 15 is 0 Å². The van der Waals surface area contributed by atoms with E-state index in [2.05, 4.69) is 15.3 Å². The van der Waals surface area contributed by atoms with E-state index < -0.39 is 17.2 Å². The number of nitrogens with one attached hydrogen (secondary N) is 1. The first-order valence-corrected chi connectivity index (χ1v) is 11.3. The standard InChI is InChI=1S/C15H14N4O4S.C6H13N/c1-18-12-11(13(22)17-14(18)23)19(7-9-5-3-2-4-6-9)15(16-12)24-8-10(20)21;1-2-4-6-7-5-3-1/h2-6H,7-8H2,1H3,(H,20,21)(H,17,22,23);7H,1-6H2. The number of imidazole rings is 1. The van der Waals surface area contributed by atoms with Gasteiger partial charge in [-0.3, -0.25) is 14.3 Å².